The molecule has 1 atom stereocenters. The number of hydrogen-bond acceptors (Lipinski definition) is 9. The second-order valence-electron chi connectivity index (χ2n) is 8.71. The lowest BCUT2D eigenvalue weighted by atomic mass is 10.0. The minimum atomic E-state index is -0.936. The molecule has 218 valence electrons. The van der Waals surface area contributed by atoms with Crippen molar-refractivity contribution < 1.29 is 8.78 Å². The van der Waals surface area contributed by atoms with E-state index >= 15 is 0 Å². The number of nitriles is 1. The van der Waals surface area contributed by atoms with Crippen LogP contribution in [0.5, 0.6) is 0 Å². The normalized spacial score (nSPS) is 12.5. The van der Waals surface area contributed by atoms with E-state index in [0.29, 0.717) is 35.5 Å². The highest BCUT2D eigenvalue weighted by Crippen LogP contribution is 2.22. The minimum absolute atomic E-state index is 0.0554. The van der Waals surface area contributed by atoms with Gasteiger partial charge in [0, 0.05) is 18.0 Å². The Morgan fingerprint density at radius 1 is 1.19 bits per heavy atom. The van der Waals surface area contributed by atoms with Crippen molar-refractivity contribution in [3.63, 3.8) is 0 Å². The number of halogens is 2. The predicted molar refractivity (Wildman–Crippen MR) is 164 cm³/mol. The first-order chi connectivity index (χ1) is 20.2. The maximum Gasteiger partial charge on any atom is 0.159 e. The van der Waals surface area contributed by atoms with Crippen LogP contribution in [0.3, 0.4) is 0 Å². The van der Waals surface area contributed by atoms with Crippen LogP contribution in [0.25, 0.3) is 11.3 Å². The third-order valence-corrected chi connectivity index (χ3v) is 5.80. The Balaban J connectivity index is 0.00000301. The molecule has 10 nitrogen and oxygen atoms in total. The number of nitrogens with one attached hydrogen (secondary N) is 2. The summed E-state index contributed by atoms with van der Waals surface area (Å²) in [5.41, 5.74) is 19.8. The van der Waals surface area contributed by atoms with Gasteiger partial charge in [-0.2, -0.15) is 5.26 Å². The van der Waals surface area contributed by atoms with Gasteiger partial charge in [0.05, 0.1) is 29.5 Å². The quantitative estimate of drug-likeness (QED) is 0.126. The summed E-state index contributed by atoms with van der Waals surface area (Å²) in [6.45, 7) is 7.17. The number of aromatic nitrogens is 2. The molecule has 0 amide bonds. The second kappa shape index (κ2) is 16.1. The van der Waals surface area contributed by atoms with E-state index in [-0.39, 0.29) is 23.0 Å². The summed E-state index contributed by atoms with van der Waals surface area (Å²) >= 11 is 0. The Labute approximate surface area is 243 Å². The van der Waals surface area contributed by atoms with Crippen molar-refractivity contribution >= 4 is 24.1 Å². The van der Waals surface area contributed by atoms with Gasteiger partial charge in [0.15, 0.2) is 23.1 Å². The van der Waals surface area contributed by atoms with Gasteiger partial charge in [0.1, 0.15) is 17.6 Å². The first-order valence-corrected chi connectivity index (χ1v) is 12.9. The van der Waals surface area contributed by atoms with E-state index in [9.17, 15) is 14.0 Å². The number of rotatable bonds is 11. The fourth-order valence-electron chi connectivity index (χ4n) is 3.79. The van der Waals surface area contributed by atoms with E-state index in [1.54, 1.807) is 0 Å². The molecule has 0 radical (unpaired) electrons. The average molecular weight is 573 g/mol. The van der Waals surface area contributed by atoms with E-state index in [1.807, 2.05) is 50.3 Å². The molecule has 0 fully saturated rings. The fraction of sp³-hybridized carbons (Fsp3) is 0.200. The number of anilines is 1. The number of amidine groups is 1. The third kappa shape index (κ3) is 8.87. The van der Waals surface area contributed by atoms with Crippen LogP contribution in [0.4, 0.5) is 14.6 Å². The molecule has 0 saturated carbocycles. The molecular weight excluding hydrogens is 538 g/mol. The smallest absolute Gasteiger partial charge is 0.159 e. The fourth-order valence-corrected chi connectivity index (χ4v) is 3.79. The lowest BCUT2D eigenvalue weighted by molar-refractivity contribution is 0.504. The standard InChI is InChI=1S/C29H29F2N9.CH5N/c1-4-5-24(38-17(2)20-10-11-22(30)23(31)13-20)25(39-21(14-32)15-36-3)12-18-6-8-19(9-7-18)26-16-37-29(35)27(40-26)28(33)34;1-2/h5-11,13,15-17,38H,3-4,12H2,1-2H3,(H3,33,34)(H2,35,37);2H2,1H3/b21-15-,24-5+,39-25-;. The molecule has 42 heavy (non-hydrogen) atoms. The second-order valence-corrected chi connectivity index (χ2v) is 8.71. The van der Waals surface area contributed by atoms with Crippen LogP contribution in [0.15, 0.2) is 82.3 Å². The van der Waals surface area contributed by atoms with Crippen LogP contribution in [-0.4, -0.2) is 35.3 Å². The van der Waals surface area contributed by atoms with Crippen molar-refractivity contribution in [2.75, 3.05) is 12.8 Å². The Bertz CT molecular complexity index is 1540. The Hall–Kier alpha value is -5.28. The van der Waals surface area contributed by atoms with Crippen LogP contribution >= 0.6 is 0 Å². The van der Waals surface area contributed by atoms with Gasteiger partial charge >= 0.3 is 0 Å². The van der Waals surface area contributed by atoms with Gasteiger partial charge in [0.2, 0.25) is 0 Å². The van der Waals surface area contributed by atoms with E-state index in [1.165, 1.54) is 25.5 Å². The molecule has 0 spiro atoms. The van der Waals surface area contributed by atoms with Crippen molar-refractivity contribution in [1.29, 1.82) is 10.7 Å². The SMILES string of the molecule is C=N\C=C(C#N)/N=C(Cc1ccc(-c2cnc(N)c(C(=N)N)n2)cc1)\C(=C/CC)NC(C)c1ccc(F)c(F)c1.CN. The molecule has 0 aliphatic rings. The third-order valence-electron chi connectivity index (χ3n) is 5.80. The van der Waals surface area contributed by atoms with Gasteiger partial charge in [-0.25, -0.2) is 23.7 Å². The molecule has 8 N–H and O–H groups in total. The van der Waals surface area contributed by atoms with E-state index < -0.39 is 17.7 Å². The highest BCUT2D eigenvalue weighted by molar-refractivity contribution is 6.02. The maximum atomic E-state index is 13.9. The topological polar surface area (TPSA) is 188 Å². The summed E-state index contributed by atoms with van der Waals surface area (Å²) in [7, 11) is 1.50. The van der Waals surface area contributed by atoms with Crippen molar-refractivity contribution in [1.82, 2.24) is 15.3 Å². The highest BCUT2D eigenvalue weighted by atomic mass is 19.2. The summed E-state index contributed by atoms with van der Waals surface area (Å²) in [4.78, 5) is 16.6. The zero-order valence-corrected chi connectivity index (χ0v) is 23.7. The van der Waals surface area contributed by atoms with Crippen LogP contribution in [0, 0.1) is 28.4 Å². The molecule has 1 unspecified atom stereocenters. The Morgan fingerprint density at radius 3 is 2.45 bits per heavy atom. The summed E-state index contributed by atoms with van der Waals surface area (Å²) in [5.74, 6) is -2.06. The maximum absolute atomic E-state index is 13.9. The number of hydrogen-bond donors (Lipinski definition) is 5. The van der Waals surface area contributed by atoms with Gasteiger partial charge in [-0.3, -0.25) is 10.4 Å². The zero-order chi connectivity index (χ0) is 31.2. The van der Waals surface area contributed by atoms with Crippen LogP contribution < -0.4 is 22.5 Å². The number of aliphatic imine (C=N–C) groups is 2. The number of nitrogens with zero attached hydrogens (tertiary/aromatic N) is 5. The van der Waals surface area contributed by atoms with Crippen LogP contribution in [0.2, 0.25) is 0 Å². The Morgan fingerprint density at radius 2 is 1.88 bits per heavy atom. The van der Waals surface area contributed by atoms with E-state index in [4.69, 9.17) is 16.9 Å². The van der Waals surface area contributed by atoms with Gasteiger partial charge in [0.25, 0.3) is 0 Å². The van der Waals surface area contributed by atoms with Crippen molar-refractivity contribution in [3.05, 3.63) is 101 Å². The number of nitrogen functional groups attached to an aromatic ring is 2. The predicted octanol–water partition coefficient (Wildman–Crippen LogP) is 4.56. The molecule has 0 aliphatic heterocycles. The summed E-state index contributed by atoms with van der Waals surface area (Å²) in [6.07, 6.45) is 5.64. The number of benzene rings is 2. The van der Waals surface area contributed by atoms with Gasteiger partial charge in [-0.1, -0.05) is 43.3 Å². The van der Waals surface area contributed by atoms with Gasteiger partial charge in [-0.05, 0) is 50.4 Å². The molecule has 0 bridgehead atoms. The number of allylic oxidation sites excluding steroid dienone is 3. The highest BCUT2D eigenvalue weighted by Gasteiger charge is 2.16. The summed E-state index contributed by atoms with van der Waals surface area (Å²) in [6, 6.07) is 12.8. The molecule has 1 aromatic heterocycles. The largest absolute Gasteiger partial charge is 0.382 e. The van der Waals surface area contributed by atoms with E-state index in [0.717, 1.165) is 23.3 Å². The summed E-state index contributed by atoms with van der Waals surface area (Å²) in [5, 5.41) is 20.5. The van der Waals surface area contributed by atoms with Gasteiger partial charge in [-0.15, -0.1) is 0 Å². The Kier molecular flexibility index (Phi) is 12.6. The molecule has 3 rings (SSSR count). The molecule has 0 aliphatic carbocycles. The van der Waals surface area contributed by atoms with Crippen molar-refractivity contribution in [2.24, 2.45) is 21.5 Å². The molecule has 0 saturated heterocycles. The summed E-state index contributed by atoms with van der Waals surface area (Å²) < 4.78 is 27.4. The zero-order valence-electron chi connectivity index (χ0n) is 23.7. The minimum Gasteiger partial charge on any atom is -0.382 e. The lowest BCUT2D eigenvalue weighted by Gasteiger charge is -2.20. The molecule has 1 heterocycles. The molecular formula is C30H34F2N10. The monoisotopic (exact) mass is 572 g/mol. The van der Waals surface area contributed by atoms with Crippen molar-refractivity contribution in [3.8, 4) is 17.3 Å². The number of nitrogens with two attached hydrogens (primary N) is 3. The molecule has 3 aromatic rings. The van der Waals surface area contributed by atoms with Crippen molar-refractivity contribution in [2.45, 2.75) is 32.7 Å². The molecule has 12 heteroatoms. The van der Waals surface area contributed by atoms with Crippen LogP contribution in [0.1, 0.15) is 43.1 Å². The average Bonchev–Trinajstić information content (AvgIpc) is 2.99. The first-order valence-electron chi connectivity index (χ1n) is 12.9. The molecule has 2 aromatic carbocycles. The first kappa shape index (κ1) is 32.9. The van der Waals surface area contributed by atoms with Crippen LogP contribution in [-0.2, 0) is 6.42 Å². The van der Waals surface area contributed by atoms with E-state index in [2.05, 4.69) is 37.7 Å². The lowest BCUT2D eigenvalue weighted by Crippen LogP contribution is -2.25. The van der Waals surface area contributed by atoms with Gasteiger partial charge < -0.3 is 22.5 Å².